The van der Waals surface area contributed by atoms with Crippen LogP contribution in [0.4, 0.5) is 0 Å². The normalized spacial score (nSPS) is 13.5. The van der Waals surface area contributed by atoms with Crippen LogP contribution in [0, 0.1) is 0 Å². The van der Waals surface area contributed by atoms with Crippen molar-refractivity contribution < 1.29 is 18.3 Å². The number of hydrogen-bond donors (Lipinski definition) is 1. The van der Waals surface area contributed by atoms with Gasteiger partial charge in [0.25, 0.3) is 0 Å². The molecule has 15 heavy (non-hydrogen) atoms. The van der Waals surface area contributed by atoms with Gasteiger partial charge < -0.3 is 9.84 Å². The van der Waals surface area contributed by atoms with Crippen molar-refractivity contribution in [2.75, 3.05) is 32.6 Å². The predicted molar refractivity (Wildman–Crippen MR) is 59.2 cm³/mol. The molecule has 0 aliphatic carbocycles. The largest absolute Gasteiger partial charge is 0.394 e. The lowest BCUT2D eigenvalue weighted by Crippen LogP contribution is -2.48. The molecule has 0 aromatic rings. The van der Waals surface area contributed by atoms with Crippen LogP contribution in [0.5, 0.6) is 0 Å². The quantitative estimate of drug-likeness (QED) is 0.638. The number of aliphatic hydroxyl groups is 1. The molecule has 0 saturated heterocycles. The molecule has 0 aliphatic heterocycles. The minimum Gasteiger partial charge on any atom is -0.394 e. The lowest BCUT2D eigenvalue weighted by molar-refractivity contribution is 0.134. The maximum absolute atomic E-state index is 11.7. The van der Waals surface area contributed by atoms with Crippen molar-refractivity contribution in [3.05, 3.63) is 0 Å². The van der Waals surface area contributed by atoms with Crippen molar-refractivity contribution in [2.45, 2.75) is 26.3 Å². The smallest absolute Gasteiger partial charge is 0.216 e. The third-order valence-electron chi connectivity index (χ3n) is 2.35. The van der Waals surface area contributed by atoms with Gasteiger partial charge in [-0.3, -0.25) is 0 Å². The van der Waals surface area contributed by atoms with E-state index in [1.54, 1.807) is 13.8 Å². The van der Waals surface area contributed by atoms with Crippen LogP contribution in [0.25, 0.3) is 0 Å². The molecule has 0 aliphatic rings. The van der Waals surface area contributed by atoms with Gasteiger partial charge in [0, 0.05) is 13.7 Å². The van der Waals surface area contributed by atoms with E-state index in [0.29, 0.717) is 6.61 Å². The van der Waals surface area contributed by atoms with Gasteiger partial charge in [-0.25, -0.2) is 8.42 Å². The van der Waals surface area contributed by atoms with E-state index in [1.807, 2.05) is 6.92 Å². The highest BCUT2D eigenvalue weighted by molar-refractivity contribution is 7.89. The van der Waals surface area contributed by atoms with E-state index < -0.39 is 15.6 Å². The average molecular weight is 239 g/mol. The Morgan fingerprint density at radius 3 is 2.33 bits per heavy atom. The summed E-state index contributed by atoms with van der Waals surface area (Å²) in [6.07, 6.45) is 0. The molecular formula is C9H21NO4S. The molecule has 0 aromatic heterocycles. The van der Waals surface area contributed by atoms with Gasteiger partial charge in [-0.05, 0) is 20.8 Å². The zero-order valence-corrected chi connectivity index (χ0v) is 10.7. The SMILES string of the molecule is CCOCCS(=O)(=O)N(C)C(C)(C)CO. The summed E-state index contributed by atoms with van der Waals surface area (Å²) in [5.41, 5.74) is -0.773. The molecule has 6 heteroatoms. The number of sulfonamides is 1. The summed E-state index contributed by atoms with van der Waals surface area (Å²) in [6, 6.07) is 0. The van der Waals surface area contributed by atoms with Gasteiger partial charge in [0.05, 0.1) is 24.5 Å². The molecule has 0 atom stereocenters. The fraction of sp³-hybridized carbons (Fsp3) is 1.00. The lowest BCUT2D eigenvalue weighted by Gasteiger charge is -2.32. The maximum atomic E-state index is 11.7. The van der Waals surface area contributed by atoms with Gasteiger partial charge in [0.1, 0.15) is 0 Å². The van der Waals surface area contributed by atoms with Crippen molar-refractivity contribution in [3.63, 3.8) is 0 Å². The minimum atomic E-state index is -3.35. The zero-order chi connectivity index (χ0) is 12.1. The average Bonchev–Trinajstić information content (AvgIpc) is 2.17. The molecule has 0 unspecified atom stereocenters. The van der Waals surface area contributed by atoms with E-state index in [4.69, 9.17) is 9.84 Å². The molecule has 0 radical (unpaired) electrons. The summed E-state index contributed by atoms with van der Waals surface area (Å²) in [5.74, 6) is -0.0548. The highest BCUT2D eigenvalue weighted by atomic mass is 32.2. The van der Waals surface area contributed by atoms with Crippen LogP contribution in [-0.4, -0.2) is 56.0 Å². The van der Waals surface area contributed by atoms with Crippen molar-refractivity contribution >= 4 is 10.0 Å². The number of nitrogens with zero attached hydrogens (tertiary/aromatic N) is 1. The first-order chi connectivity index (χ1) is 6.78. The van der Waals surface area contributed by atoms with Crippen molar-refractivity contribution in [2.24, 2.45) is 0 Å². The maximum Gasteiger partial charge on any atom is 0.216 e. The first-order valence-electron chi connectivity index (χ1n) is 4.93. The van der Waals surface area contributed by atoms with Gasteiger partial charge in [-0.1, -0.05) is 0 Å². The number of ether oxygens (including phenoxy) is 1. The molecule has 92 valence electrons. The topological polar surface area (TPSA) is 66.8 Å². The van der Waals surface area contributed by atoms with Crippen LogP contribution < -0.4 is 0 Å². The molecular weight excluding hydrogens is 218 g/mol. The standard InChI is InChI=1S/C9H21NO4S/c1-5-14-6-7-15(12,13)10(4)9(2,3)8-11/h11H,5-8H2,1-4H3. The van der Waals surface area contributed by atoms with Crippen molar-refractivity contribution in [1.82, 2.24) is 4.31 Å². The summed E-state index contributed by atoms with van der Waals surface area (Å²) in [4.78, 5) is 0. The predicted octanol–water partition coefficient (Wildman–Crippen LogP) is 0.0554. The van der Waals surface area contributed by atoms with Crippen molar-refractivity contribution in [1.29, 1.82) is 0 Å². The van der Waals surface area contributed by atoms with Gasteiger partial charge in [0.15, 0.2) is 0 Å². The third kappa shape index (κ3) is 4.46. The van der Waals surface area contributed by atoms with Gasteiger partial charge >= 0.3 is 0 Å². The number of hydrogen-bond acceptors (Lipinski definition) is 4. The second-order valence-electron chi connectivity index (χ2n) is 3.95. The molecule has 0 heterocycles. The van der Waals surface area contributed by atoms with Gasteiger partial charge in [-0.15, -0.1) is 0 Å². The van der Waals surface area contributed by atoms with E-state index in [-0.39, 0.29) is 19.0 Å². The van der Waals surface area contributed by atoms with Crippen LogP contribution in [0.2, 0.25) is 0 Å². The van der Waals surface area contributed by atoms with Gasteiger partial charge in [-0.2, -0.15) is 4.31 Å². The summed E-state index contributed by atoms with van der Waals surface area (Å²) in [6.45, 7) is 5.63. The summed E-state index contributed by atoms with van der Waals surface area (Å²) in [5, 5.41) is 9.06. The third-order valence-corrected chi connectivity index (χ3v) is 4.36. The number of rotatable bonds is 7. The van der Waals surface area contributed by atoms with Gasteiger partial charge in [0.2, 0.25) is 10.0 Å². The molecule has 5 nitrogen and oxygen atoms in total. The Bertz CT molecular complexity index is 274. The Hall–Kier alpha value is -0.170. The fourth-order valence-corrected chi connectivity index (χ4v) is 2.33. The van der Waals surface area contributed by atoms with E-state index >= 15 is 0 Å². The monoisotopic (exact) mass is 239 g/mol. The molecule has 0 saturated carbocycles. The molecule has 0 spiro atoms. The number of likely N-dealkylation sites (N-methyl/N-ethyl adjacent to an activating group) is 1. The first-order valence-corrected chi connectivity index (χ1v) is 6.54. The molecule has 0 fully saturated rings. The molecule has 0 amide bonds. The Kier molecular flexibility index (Phi) is 5.72. The highest BCUT2D eigenvalue weighted by Crippen LogP contribution is 2.15. The first kappa shape index (κ1) is 14.8. The summed E-state index contributed by atoms with van der Waals surface area (Å²) in [7, 11) is -1.88. The lowest BCUT2D eigenvalue weighted by atomic mass is 10.1. The molecule has 0 aromatic carbocycles. The van der Waals surface area contributed by atoms with E-state index in [1.165, 1.54) is 11.4 Å². The van der Waals surface area contributed by atoms with Crippen LogP contribution in [0.3, 0.4) is 0 Å². The Morgan fingerprint density at radius 2 is 1.93 bits per heavy atom. The van der Waals surface area contributed by atoms with E-state index in [0.717, 1.165) is 0 Å². The summed E-state index contributed by atoms with van der Waals surface area (Å²) < 4.78 is 29.7. The second-order valence-corrected chi connectivity index (χ2v) is 6.07. The molecule has 0 rings (SSSR count). The Labute approximate surface area is 92.1 Å². The van der Waals surface area contributed by atoms with Crippen LogP contribution >= 0.6 is 0 Å². The Balaban J connectivity index is 4.46. The molecule has 0 bridgehead atoms. The zero-order valence-electron chi connectivity index (χ0n) is 9.86. The van der Waals surface area contributed by atoms with Crippen LogP contribution in [-0.2, 0) is 14.8 Å². The minimum absolute atomic E-state index is 0.0548. The number of aliphatic hydroxyl groups excluding tert-OH is 1. The second kappa shape index (κ2) is 5.79. The highest BCUT2D eigenvalue weighted by Gasteiger charge is 2.31. The van der Waals surface area contributed by atoms with Crippen LogP contribution in [0.15, 0.2) is 0 Å². The van der Waals surface area contributed by atoms with Crippen molar-refractivity contribution in [3.8, 4) is 0 Å². The fourth-order valence-electron chi connectivity index (χ4n) is 0.922. The Morgan fingerprint density at radius 1 is 1.40 bits per heavy atom. The summed E-state index contributed by atoms with van der Waals surface area (Å²) >= 11 is 0. The molecule has 1 N–H and O–H groups in total. The van der Waals surface area contributed by atoms with E-state index in [2.05, 4.69) is 0 Å². The van der Waals surface area contributed by atoms with E-state index in [9.17, 15) is 8.42 Å². The van der Waals surface area contributed by atoms with Crippen LogP contribution in [0.1, 0.15) is 20.8 Å².